The molecule has 4 aromatic rings. The minimum Gasteiger partial charge on any atom is -0.320 e. The van der Waals surface area contributed by atoms with Gasteiger partial charge in [-0.3, -0.25) is 4.79 Å². The number of hydrogen-bond acceptors (Lipinski definition) is 5. The topological polar surface area (TPSA) is 96.7 Å². The number of amides is 1. The van der Waals surface area contributed by atoms with Crippen LogP contribution in [-0.2, 0) is 10.0 Å². The minimum atomic E-state index is -3.66. The number of fused-ring (bicyclic) bond motifs is 1. The van der Waals surface area contributed by atoms with Gasteiger partial charge in [-0.05, 0) is 82.3 Å². The van der Waals surface area contributed by atoms with E-state index in [9.17, 15) is 13.2 Å². The van der Waals surface area contributed by atoms with E-state index in [-0.39, 0.29) is 16.5 Å². The van der Waals surface area contributed by atoms with E-state index in [0.717, 1.165) is 35.4 Å². The highest BCUT2D eigenvalue weighted by molar-refractivity contribution is 7.89. The number of rotatable bonds is 5. The molecule has 192 valence electrons. The molecule has 8 nitrogen and oxygen atoms in total. The number of carbonyl (C=O) groups excluding carboxylic acids is 1. The fourth-order valence-corrected chi connectivity index (χ4v) is 6.75. The third kappa shape index (κ3) is 4.53. The van der Waals surface area contributed by atoms with Gasteiger partial charge >= 0.3 is 0 Å². The average molecular weight is 518 g/mol. The summed E-state index contributed by atoms with van der Waals surface area (Å²) in [7, 11) is -3.66. The van der Waals surface area contributed by atoms with Crippen LogP contribution < -0.4 is 5.32 Å². The first-order chi connectivity index (χ1) is 17.6. The van der Waals surface area contributed by atoms with Gasteiger partial charge in [-0.25, -0.2) is 17.9 Å². The summed E-state index contributed by atoms with van der Waals surface area (Å²) < 4.78 is 30.2. The van der Waals surface area contributed by atoms with E-state index in [4.69, 9.17) is 4.98 Å². The normalized spacial score (nSPS) is 14.4. The second kappa shape index (κ2) is 9.39. The van der Waals surface area contributed by atoms with Crippen LogP contribution in [-0.4, -0.2) is 46.3 Å². The van der Waals surface area contributed by atoms with Crippen molar-refractivity contribution in [3.63, 3.8) is 0 Å². The summed E-state index contributed by atoms with van der Waals surface area (Å²) in [6, 6.07) is 13.0. The maximum Gasteiger partial charge on any atom is 0.276 e. The second-order valence-electron chi connectivity index (χ2n) is 9.86. The summed E-state index contributed by atoms with van der Waals surface area (Å²) in [5.41, 5.74) is 6.80. The van der Waals surface area contributed by atoms with Crippen LogP contribution in [0.15, 0.2) is 47.4 Å². The molecule has 3 heterocycles. The van der Waals surface area contributed by atoms with Gasteiger partial charge in [-0.1, -0.05) is 29.8 Å². The van der Waals surface area contributed by atoms with E-state index in [0.29, 0.717) is 41.1 Å². The lowest BCUT2D eigenvalue weighted by molar-refractivity contribution is 0.102. The largest absolute Gasteiger partial charge is 0.320 e. The van der Waals surface area contributed by atoms with Crippen LogP contribution in [0.2, 0.25) is 0 Å². The van der Waals surface area contributed by atoms with E-state index >= 15 is 0 Å². The summed E-state index contributed by atoms with van der Waals surface area (Å²) in [5, 5.41) is 7.64. The first-order valence-corrected chi connectivity index (χ1v) is 13.9. The van der Waals surface area contributed by atoms with Crippen molar-refractivity contribution in [2.45, 2.75) is 52.4 Å². The lowest BCUT2D eigenvalue weighted by Gasteiger charge is -2.18. The highest BCUT2D eigenvalue weighted by Crippen LogP contribution is 2.33. The summed E-state index contributed by atoms with van der Waals surface area (Å²) in [4.78, 5) is 18.6. The Kier molecular flexibility index (Phi) is 6.37. The van der Waals surface area contributed by atoms with Crippen molar-refractivity contribution in [1.82, 2.24) is 18.9 Å². The number of anilines is 1. The van der Waals surface area contributed by atoms with Crippen molar-refractivity contribution in [3.05, 3.63) is 76.2 Å². The summed E-state index contributed by atoms with van der Waals surface area (Å²) >= 11 is 0. The summed E-state index contributed by atoms with van der Waals surface area (Å²) in [5.74, 6) is -0.381. The number of carbonyl (C=O) groups is 1. The Morgan fingerprint density at radius 1 is 0.919 bits per heavy atom. The third-order valence-corrected chi connectivity index (χ3v) is 8.94. The van der Waals surface area contributed by atoms with Crippen LogP contribution in [0, 0.1) is 34.6 Å². The van der Waals surface area contributed by atoms with E-state index in [1.54, 1.807) is 23.6 Å². The zero-order valence-electron chi connectivity index (χ0n) is 21.8. The number of nitrogens with zero attached hydrogens (tertiary/aromatic N) is 4. The molecule has 1 fully saturated rings. The number of aryl methyl sites for hydroxylation is 5. The Balaban J connectivity index is 1.69. The highest BCUT2D eigenvalue weighted by atomic mass is 32.2. The zero-order chi connectivity index (χ0) is 26.5. The van der Waals surface area contributed by atoms with Crippen LogP contribution >= 0.6 is 0 Å². The molecule has 0 aliphatic carbocycles. The lowest BCUT2D eigenvalue weighted by Crippen LogP contribution is -2.28. The van der Waals surface area contributed by atoms with Crippen molar-refractivity contribution >= 4 is 27.3 Å². The number of benzene rings is 2. The maximum absolute atomic E-state index is 13.6. The number of nitrogens with one attached hydrogen (secondary N) is 1. The smallest absolute Gasteiger partial charge is 0.276 e. The molecule has 5 rings (SSSR count). The molecule has 0 radical (unpaired) electrons. The molecule has 0 spiro atoms. The molecule has 9 heteroatoms. The first kappa shape index (κ1) is 25.1. The van der Waals surface area contributed by atoms with Gasteiger partial charge in [-0.15, -0.1) is 0 Å². The fourth-order valence-electron chi connectivity index (χ4n) is 4.98. The Morgan fingerprint density at radius 3 is 2.35 bits per heavy atom. The summed E-state index contributed by atoms with van der Waals surface area (Å²) in [6.07, 6.45) is 1.72. The molecule has 1 aliphatic rings. The molecular weight excluding hydrogens is 486 g/mol. The molecule has 0 unspecified atom stereocenters. The Bertz CT molecular complexity index is 1650. The third-order valence-electron chi connectivity index (χ3n) is 6.90. The molecule has 1 saturated heterocycles. The second-order valence-corrected chi connectivity index (χ2v) is 11.8. The van der Waals surface area contributed by atoms with Crippen LogP contribution in [0.3, 0.4) is 0 Å². The van der Waals surface area contributed by atoms with Gasteiger partial charge in [-0.2, -0.15) is 9.40 Å². The lowest BCUT2D eigenvalue weighted by atomic mass is 10.0. The molecule has 0 saturated carbocycles. The fraction of sp³-hybridized carbons (Fsp3) is 0.321. The van der Waals surface area contributed by atoms with Crippen LogP contribution in [0.1, 0.15) is 51.4 Å². The van der Waals surface area contributed by atoms with Gasteiger partial charge in [0.25, 0.3) is 5.91 Å². The SMILES string of the molecule is Cc1ccc(NC(=O)c2nn3c(C)cc(C)nc3c2-c2ccc(C)c(S(=O)(=O)N3CCCC3)c2)c(C)c1. The van der Waals surface area contributed by atoms with Gasteiger partial charge < -0.3 is 5.32 Å². The van der Waals surface area contributed by atoms with Crippen molar-refractivity contribution in [2.75, 3.05) is 18.4 Å². The first-order valence-electron chi connectivity index (χ1n) is 12.4. The summed E-state index contributed by atoms with van der Waals surface area (Å²) in [6.45, 7) is 10.6. The van der Waals surface area contributed by atoms with Gasteiger partial charge in [0.05, 0.1) is 10.5 Å². The van der Waals surface area contributed by atoms with Crippen molar-refractivity contribution < 1.29 is 13.2 Å². The molecule has 1 amide bonds. The van der Waals surface area contributed by atoms with Crippen LogP contribution in [0.25, 0.3) is 16.8 Å². The number of hydrogen-bond donors (Lipinski definition) is 1. The van der Waals surface area contributed by atoms with E-state index in [1.807, 2.05) is 58.0 Å². The van der Waals surface area contributed by atoms with Crippen LogP contribution in [0.5, 0.6) is 0 Å². The molecule has 0 bridgehead atoms. The monoisotopic (exact) mass is 517 g/mol. The van der Waals surface area contributed by atoms with Crippen molar-refractivity contribution in [3.8, 4) is 11.1 Å². The molecular formula is C28H31N5O3S. The van der Waals surface area contributed by atoms with Gasteiger partial charge in [0.2, 0.25) is 10.0 Å². The molecule has 0 atom stereocenters. The number of sulfonamides is 1. The Labute approximate surface area is 217 Å². The molecule has 37 heavy (non-hydrogen) atoms. The average Bonchev–Trinajstić information content (AvgIpc) is 3.50. The predicted octanol–water partition coefficient (Wildman–Crippen LogP) is 4.98. The Morgan fingerprint density at radius 2 is 1.65 bits per heavy atom. The Hall–Kier alpha value is -3.56. The van der Waals surface area contributed by atoms with Crippen molar-refractivity contribution in [1.29, 1.82) is 0 Å². The maximum atomic E-state index is 13.6. The van der Waals surface area contributed by atoms with E-state index in [1.165, 1.54) is 4.31 Å². The highest BCUT2D eigenvalue weighted by Gasteiger charge is 2.30. The van der Waals surface area contributed by atoms with Gasteiger partial charge in [0, 0.05) is 30.2 Å². The number of aromatic nitrogens is 3. The standard InChI is InChI=1S/C28H31N5O3S/c1-17-8-11-23(19(3)14-17)30-28(34)26-25(27-29-20(4)15-21(5)33(27)31-26)22-10-9-18(2)24(16-22)37(35,36)32-12-6-7-13-32/h8-11,14-16H,6-7,12-13H2,1-5H3,(H,30,34). The zero-order valence-corrected chi connectivity index (χ0v) is 22.6. The molecule has 1 N–H and O–H groups in total. The predicted molar refractivity (Wildman–Crippen MR) is 144 cm³/mol. The van der Waals surface area contributed by atoms with Crippen molar-refractivity contribution in [2.24, 2.45) is 0 Å². The van der Waals surface area contributed by atoms with Gasteiger partial charge in [0.1, 0.15) is 0 Å². The minimum absolute atomic E-state index is 0.189. The molecule has 1 aliphatic heterocycles. The molecule has 2 aromatic carbocycles. The molecule has 2 aromatic heterocycles. The quantitative estimate of drug-likeness (QED) is 0.403. The van der Waals surface area contributed by atoms with E-state index < -0.39 is 10.0 Å². The van der Waals surface area contributed by atoms with Gasteiger partial charge in [0.15, 0.2) is 11.3 Å². The van der Waals surface area contributed by atoms with Crippen LogP contribution in [0.4, 0.5) is 5.69 Å². The van der Waals surface area contributed by atoms with E-state index in [2.05, 4.69) is 10.4 Å².